The van der Waals surface area contributed by atoms with E-state index in [2.05, 4.69) is 18.2 Å². The summed E-state index contributed by atoms with van der Waals surface area (Å²) >= 11 is 0. The zero-order valence-corrected chi connectivity index (χ0v) is 12.1. The Morgan fingerprint density at radius 3 is 2.00 bits per heavy atom. The molecule has 0 unspecified atom stereocenters. The van der Waals surface area contributed by atoms with Gasteiger partial charge >= 0.3 is 0 Å². The van der Waals surface area contributed by atoms with Crippen LogP contribution in [-0.4, -0.2) is 4.57 Å². The molecule has 4 aromatic rings. The molecule has 2 heteroatoms. The molecule has 106 valence electrons. The van der Waals surface area contributed by atoms with Gasteiger partial charge in [-0.2, -0.15) is 0 Å². The molecule has 0 saturated carbocycles. The van der Waals surface area contributed by atoms with E-state index in [1.54, 1.807) is 0 Å². The second-order valence-corrected chi connectivity index (χ2v) is 5.44. The predicted octanol–water partition coefficient (Wildman–Crippen LogP) is 4.20. The standard InChI is InChI=1S/C20H15NO/c22-20-18-12-5-4-10-16(18)17-11-6-7-13-19(17)21(20)14-15-8-2-1-3-9-15/h1-13H,14H2. The minimum Gasteiger partial charge on any atom is -0.303 e. The van der Waals surface area contributed by atoms with Crippen LogP contribution in [0.2, 0.25) is 0 Å². The van der Waals surface area contributed by atoms with E-state index in [0.717, 1.165) is 27.2 Å². The number of benzene rings is 3. The predicted molar refractivity (Wildman–Crippen MR) is 91.3 cm³/mol. The van der Waals surface area contributed by atoms with Gasteiger partial charge in [0.15, 0.2) is 0 Å². The van der Waals surface area contributed by atoms with Crippen molar-refractivity contribution in [2.75, 3.05) is 0 Å². The molecular formula is C20H15NO. The smallest absolute Gasteiger partial charge is 0.259 e. The van der Waals surface area contributed by atoms with Crippen molar-refractivity contribution in [2.45, 2.75) is 6.54 Å². The van der Waals surface area contributed by atoms with Crippen molar-refractivity contribution in [2.24, 2.45) is 0 Å². The Balaban J connectivity index is 2.07. The van der Waals surface area contributed by atoms with Gasteiger partial charge < -0.3 is 4.57 Å². The quantitative estimate of drug-likeness (QED) is 0.506. The third kappa shape index (κ3) is 2.01. The fourth-order valence-corrected chi connectivity index (χ4v) is 3.02. The Morgan fingerprint density at radius 1 is 0.636 bits per heavy atom. The highest BCUT2D eigenvalue weighted by Gasteiger charge is 2.10. The maximum atomic E-state index is 12.9. The van der Waals surface area contributed by atoms with Crippen molar-refractivity contribution in [3.8, 4) is 0 Å². The molecule has 0 saturated heterocycles. The highest BCUT2D eigenvalue weighted by Crippen LogP contribution is 2.22. The van der Waals surface area contributed by atoms with Gasteiger partial charge in [0.25, 0.3) is 5.56 Å². The van der Waals surface area contributed by atoms with E-state index in [4.69, 9.17) is 0 Å². The van der Waals surface area contributed by atoms with Crippen LogP contribution in [0.3, 0.4) is 0 Å². The lowest BCUT2D eigenvalue weighted by Gasteiger charge is -2.13. The Hall–Kier alpha value is -2.87. The van der Waals surface area contributed by atoms with E-state index < -0.39 is 0 Å². The average Bonchev–Trinajstić information content (AvgIpc) is 2.59. The third-order valence-corrected chi connectivity index (χ3v) is 4.07. The first-order valence-corrected chi connectivity index (χ1v) is 7.39. The number of fused-ring (bicyclic) bond motifs is 3. The van der Waals surface area contributed by atoms with Crippen LogP contribution in [0, 0.1) is 0 Å². The minimum absolute atomic E-state index is 0.0677. The summed E-state index contributed by atoms with van der Waals surface area (Å²) < 4.78 is 1.87. The van der Waals surface area contributed by atoms with E-state index in [9.17, 15) is 4.79 Å². The van der Waals surface area contributed by atoms with Gasteiger partial charge in [0.05, 0.1) is 12.1 Å². The summed E-state index contributed by atoms with van der Waals surface area (Å²) in [5.41, 5.74) is 2.18. The van der Waals surface area contributed by atoms with Crippen LogP contribution in [0.4, 0.5) is 0 Å². The Morgan fingerprint density at radius 2 is 1.23 bits per heavy atom. The topological polar surface area (TPSA) is 22.0 Å². The number of aromatic nitrogens is 1. The van der Waals surface area contributed by atoms with Crippen LogP contribution < -0.4 is 5.56 Å². The lowest BCUT2D eigenvalue weighted by atomic mass is 10.1. The summed E-state index contributed by atoms with van der Waals surface area (Å²) in [4.78, 5) is 12.9. The average molecular weight is 285 g/mol. The van der Waals surface area contributed by atoms with Crippen LogP contribution in [0.5, 0.6) is 0 Å². The van der Waals surface area contributed by atoms with Gasteiger partial charge in [-0.1, -0.05) is 66.7 Å². The third-order valence-electron chi connectivity index (χ3n) is 4.07. The highest BCUT2D eigenvalue weighted by atomic mass is 16.1. The second kappa shape index (κ2) is 5.15. The van der Waals surface area contributed by atoms with Gasteiger partial charge in [-0.15, -0.1) is 0 Å². The van der Waals surface area contributed by atoms with Crippen molar-refractivity contribution in [1.29, 1.82) is 0 Å². The van der Waals surface area contributed by atoms with Gasteiger partial charge in [0.2, 0.25) is 0 Å². The number of rotatable bonds is 2. The normalized spacial score (nSPS) is 11.1. The van der Waals surface area contributed by atoms with E-state index in [-0.39, 0.29) is 5.56 Å². The molecule has 0 amide bonds. The monoisotopic (exact) mass is 285 g/mol. The van der Waals surface area contributed by atoms with Crippen molar-refractivity contribution >= 4 is 21.7 Å². The number of hydrogen-bond donors (Lipinski definition) is 0. The molecule has 0 atom stereocenters. The first-order valence-electron chi connectivity index (χ1n) is 7.39. The number of para-hydroxylation sites is 1. The summed E-state index contributed by atoms with van der Waals surface area (Å²) in [7, 11) is 0. The molecule has 0 N–H and O–H groups in total. The molecule has 0 fully saturated rings. The first kappa shape index (κ1) is 12.8. The van der Waals surface area contributed by atoms with Gasteiger partial charge in [0, 0.05) is 10.8 Å². The SMILES string of the molecule is O=c1c2ccccc2c2ccccc2n1Cc1ccccc1. The summed E-state index contributed by atoms with van der Waals surface area (Å²) in [6.45, 7) is 0.588. The lowest BCUT2D eigenvalue weighted by Crippen LogP contribution is -2.21. The molecule has 0 bridgehead atoms. The number of pyridine rings is 1. The maximum absolute atomic E-state index is 12.9. The van der Waals surface area contributed by atoms with Crippen molar-refractivity contribution in [1.82, 2.24) is 4.57 Å². The van der Waals surface area contributed by atoms with Gasteiger partial charge in [-0.05, 0) is 23.1 Å². The zero-order chi connectivity index (χ0) is 14.9. The Labute approximate surface area is 128 Å². The van der Waals surface area contributed by atoms with Gasteiger partial charge in [-0.25, -0.2) is 0 Å². The van der Waals surface area contributed by atoms with Crippen LogP contribution in [0.15, 0.2) is 83.7 Å². The van der Waals surface area contributed by atoms with E-state index >= 15 is 0 Å². The summed E-state index contributed by atoms with van der Waals surface area (Å²) in [6.07, 6.45) is 0. The van der Waals surface area contributed by atoms with Crippen molar-refractivity contribution < 1.29 is 0 Å². The first-order chi connectivity index (χ1) is 10.8. The van der Waals surface area contributed by atoms with E-state index in [1.165, 1.54) is 0 Å². The van der Waals surface area contributed by atoms with Crippen LogP contribution in [0.1, 0.15) is 5.56 Å². The van der Waals surface area contributed by atoms with Crippen LogP contribution in [-0.2, 0) is 6.54 Å². The summed E-state index contributed by atoms with van der Waals surface area (Å²) in [5.74, 6) is 0. The molecular weight excluding hydrogens is 270 g/mol. The number of nitrogens with zero attached hydrogens (tertiary/aromatic N) is 1. The van der Waals surface area contributed by atoms with Crippen molar-refractivity contribution in [3.05, 3.63) is 94.8 Å². The zero-order valence-electron chi connectivity index (χ0n) is 12.1. The molecule has 1 aromatic heterocycles. The molecule has 0 spiro atoms. The molecule has 0 aliphatic heterocycles. The Bertz CT molecular complexity index is 1020. The molecule has 0 aliphatic carbocycles. The highest BCUT2D eigenvalue weighted by molar-refractivity contribution is 6.05. The molecule has 4 rings (SSSR count). The minimum atomic E-state index is 0.0677. The van der Waals surface area contributed by atoms with Gasteiger partial charge in [0.1, 0.15) is 0 Å². The fraction of sp³-hybridized carbons (Fsp3) is 0.0500. The molecule has 3 aromatic carbocycles. The Kier molecular flexibility index (Phi) is 3.01. The molecule has 0 aliphatic rings. The maximum Gasteiger partial charge on any atom is 0.259 e. The van der Waals surface area contributed by atoms with Crippen molar-refractivity contribution in [3.63, 3.8) is 0 Å². The lowest BCUT2D eigenvalue weighted by molar-refractivity contribution is 0.802. The number of hydrogen-bond acceptors (Lipinski definition) is 1. The van der Waals surface area contributed by atoms with E-state index in [0.29, 0.717) is 6.54 Å². The van der Waals surface area contributed by atoms with Crippen LogP contribution >= 0.6 is 0 Å². The molecule has 22 heavy (non-hydrogen) atoms. The summed E-state index contributed by atoms with van der Waals surface area (Å²) in [5, 5.41) is 2.91. The summed E-state index contributed by atoms with van der Waals surface area (Å²) in [6, 6.07) is 26.0. The van der Waals surface area contributed by atoms with Crippen LogP contribution in [0.25, 0.3) is 21.7 Å². The largest absolute Gasteiger partial charge is 0.303 e. The second-order valence-electron chi connectivity index (χ2n) is 5.44. The fourth-order valence-electron chi connectivity index (χ4n) is 3.02. The molecule has 1 heterocycles. The van der Waals surface area contributed by atoms with Gasteiger partial charge in [-0.3, -0.25) is 4.79 Å². The molecule has 0 radical (unpaired) electrons. The van der Waals surface area contributed by atoms with E-state index in [1.807, 2.05) is 65.2 Å². The molecule has 2 nitrogen and oxygen atoms in total.